The van der Waals surface area contributed by atoms with Crippen LogP contribution in [0.25, 0.3) is 0 Å². The van der Waals surface area contributed by atoms with Gasteiger partial charge in [-0.05, 0) is 6.92 Å². The Kier molecular flexibility index (Phi) is 4.69. The van der Waals surface area contributed by atoms with Crippen molar-refractivity contribution in [2.24, 2.45) is 0 Å². The van der Waals surface area contributed by atoms with Crippen molar-refractivity contribution < 1.29 is 22.8 Å². The average Bonchev–Trinajstić information content (AvgIpc) is 1.99. The lowest BCUT2D eigenvalue weighted by molar-refractivity contribution is -0.124. The van der Waals surface area contributed by atoms with Crippen LogP contribution in [0.1, 0.15) is 6.92 Å². The zero-order valence-corrected chi connectivity index (χ0v) is 7.87. The van der Waals surface area contributed by atoms with Crippen LogP contribution in [0.5, 0.6) is 0 Å². The SMILES string of the molecule is C[C@@H](Cl)C(=O)NC(=O)NCC(F)(F)F. The van der Waals surface area contributed by atoms with E-state index in [1.165, 1.54) is 12.2 Å². The maximum Gasteiger partial charge on any atom is 0.405 e. The fraction of sp³-hybridized carbons (Fsp3) is 0.667. The molecule has 0 saturated carbocycles. The molecule has 4 nitrogen and oxygen atoms in total. The topological polar surface area (TPSA) is 58.2 Å². The number of carbonyl (C=O) groups excluding carboxylic acids is 2. The van der Waals surface area contributed by atoms with Gasteiger partial charge in [0.25, 0.3) is 0 Å². The van der Waals surface area contributed by atoms with Crippen LogP contribution >= 0.6 is 11.6 Å². The van der Waals surface area contributed by atoms with Crippen LogP contribution in [0.15, 0.2) is 0 Å². The first-order chi connectivity index (χ1) is 6.22. The summed E-state index contributed by atoms with van der Waals surface area (Å²) >= 11 is 5.25. The number of carbonyl (C=O) groups is 2. The molecule has 0 rings (SSSR count). The minimum Gasteiger partial charge on any atom is -0.329 e. The number of hydrogen-bond acceptors (Lipinski definition) is 2. The zero-order chi connectivity index (χ0) is 11.4. The molecule has 0 spiro atoms. The van der Waals surface area contributed by atoms with Crippen LogP contribution in [0.3, 0.4) is 0 Å². The highest BCUT2D eigenvalue weighted by Gasteiger charge is 2.28. The molecule has 3 amide bonds. The highest BCUT2D eigenvalue weighted by Crippen LogP contribution is 2.11. The monoisotopic (exact) mass is 232 g/mol. The molecule has 0 aliphatic rings. The molecule has 0 aliphatic carbocycles. The maximum absolute atomic E-state index is 11.6. The number of rotatable bonds is 2. The van der Waals surface area contributed by atoms with E-state index in [2.05, 4.69) is 0 Å². The molecule has 0 aromatic carbocycles. The summed E-state index contributed by atoms with van der Waals surface area (Å²) in [6.07, 6.45) is -4.51. The van der Waals surface area contributed by atoms with Crippen LogP contribution in [0, 0.1) is 0 Å². The predicted molar refractivity (Wildman–Crippen MR) is 42.9 cm³/mol. The summed E-state index contributed by atoms with van der Waals surface area (Å²) in [7, 11) is 0. The third kappa shape index (κ3) is 6.53. The van der Waals surface area contributed by atoms with Crippen molar-refractivity contribution in [1.29, 1.82) is 0 Å². The van der Waals surface area contributed by atoms with Crippen LogP contribution in [0.4, 0.5) is 18.0 Å². The number of imide groups is 1. The Bertz CT molecular complexity index is 230. The van der Waals surface area contributed by atoms with E-state index in [-0.39, 0.29) is 0 Å². The Morgan fingerprint density at radius 3 is 2.29 bits per heavy atom. The molecule has 0 radical (unpaired) electrons. The predicted octanol–water partition coefficient (Wildman–Crippen LogP) is 1.00. The lowest BCUT2D eigenvalue weighted by Crippen LogP contribution is -2.45. The average molecular weight is 233 g/mol. The number of urea groups is 1. The lowest BCUT2D eigenvalue weighted by atomic mass is 10.4. The molecule has 0 aromatic rings. The van der Waals surface area contributed by atoms with E-state index in [4.69, 9.17) is 11.6 Å². The van der Waals surface area contributed by atoms with Gasteiger partial charge >= 0.3 is 12.2 Å². The fourth-order valence-electron chi connectivity index (χ4n) is 0.436. The van der Waals surface area contributed by atoms with Crippen molar-refractivity contribution in [3.05, 3.63) is 0 Å². The van der Waals surface area contributed by atoms with Gasteiger partial charge in [0.2, 0.25) is 5.91 Å². The lowest BCUT2D eigenvalue weighted by Gasteiger charge is -2.09. The van der Waals surface area contributed by atoms with E-state index in [1.807, 2.05) is 0 Å². The summed E-state index contributed by atoms with van der Waals surface area (Å²) in [4.78, 5) is 21.3. The minimum absolute atomic E-state index is 0.855. The fourth-order valence-corrected chi connectivity index (χ4v) is 0.491. The van der Waals surface area contributed by atoms with Gasteiger partial charge in [-0.1, -0.05) is 0 Å². The molecule has 14 heavy (non-hydrogen) atoms. The van der Waals surface area contributed by atoms with Crippen LogP contribution in [-0.2, 0) is 4.79 Å². The minimum atomic E-state index is -4.51. The third-order valence-corrected chi connectivity index (χ3v) is 1.25. The van der Waals surface area contributed by atoms with Crippen molar-refractivity contribution in [1.82, 2.24) is 10.6 Å². The van der Waals surface area contributed by atoms with Crippen molar-refractivity contribution in [3.63, 3.8) is 0 Å². The molecule has 0 unspecified atom stereocenters. The van der Waals surface area contributed by atoms with Gasteiger partial charge in [-0.2, -0.15) is 13.2 Å². The summed E-state index contributed by atoms with van der Waals surface area (Å²) in [5, 5.41) is 2.10. The smallest absolute Gasteiger partial charge is 0.329 e. The number of hydrogen-bond donors (Lipinski definition) is 2. The first-order valence-corrected chi connectivity index (χ1v) is 3.95. The van der Waals surface area contributed by atoms with E-state index in [0.29, 0.717) is 0 Å². The summed E-state index contributed by atoms with van der Waals surface area (Å²) < 4.78 is 34.7. The molecule has 0 aromatic heterocycles. The largest absolute Gasteiger partial charge is 0.405 e. The molecular formula is C6H8ClF3N2O2. The molecule has 0 heterocycles. The van der Waals surface area contributed by atoms with E-state index in [9.17, 15) is 22.8 Å². The van der Waals surface area contributed by atoms with E-state index in [0.717, 1.165) is 0 Å². The molecule has 1 atom stereocenters. The zero-order valence-electron chi connectivity index (χ0n) is 7.11. The van der Waals surface area contributed by atoms with Crippen molar-refractivity contribution in [2.75, 3.05) is 6.54 Å². The van der Waals surface area contributed by atoms with Gasteiger partial charge < -0.3 is 5.32 Å². The van der Waals surface area contributed by atoms with Gasteiger partial charge in [-0.3, -0.25) is 10.1 Å². The van der Waals surface area contributed by atoms with E-state index in [1.54, 1.807) is 5.32 Å². The molecular weight excluding hydrogens is 225 g/mol. The van der Waals surface area contributed by atoms with Gasteiger partial charge in [0.05, 0.1) is 0 Å². The number of halogens is 4. The van der Waals surface area contributed by atoms with E-state index < -0.39 is 30.0 Å². The van der Waals surface area contributed by atoms with E-state index >= 15 is 0 Å². The number of nitrogens with one attached hydrogen (secondary N) is 2. The van der Waals surface area contributed by atoms with Gasteiger partial charge in [0, 0.05) is 0 Å². The van der Waals surface area contributed by atoms with Gasteiger partial charge in [-0.25, -0.2) is 4.79 Å². The van der Waals surface area contributed by atoms with Crippen LogP contribution in [0.2, 0.25) is 0 Å². The quantitative estimate of drug-likeness (QED) is 0.698. The van der Waals surface area contributed by atoms with Crippen molar-refractivity contribution in [3.8, 4) is 0 Å². The summed E-state index contributed by atoms with van der Waals surface area (Å²) in [6, 6.07) is -1.22. The second kappa shape index (κ2) is 5.04. The third-order valence-electron chi connectivity index (χ3n) is 1.05. The Labute approximate surface area is 82.8 Å². The normalized spacial score (nSPS) is 13.2. The Balaban J connectivity index is 3.83. The van der Waals surface area contributed by atoms with Gasteiger partial charge in [-0.15, -0.1) is 11.6 Å². The summed E-state index contributed by atoms with van der Waals surface area (Å²) in [5.74, 6) is -0.855. The number of alkyl halides is 4. The molecule has 82 valence electrons. The molecule has 0 fully saturated rings. The van der Waals surface area contributed by atoms with Gasteiger partial charge in [0.15, 0.2) is 0 Å². The summed E-state index contributed by atoms with van der Waals surface area (Å²) in [6.45, 7) is -0.212. The Morgan fingerprint density at radius 2 is 1.93 bits per heavy atom. The number of amides is 3. The molecule has 0 aliphatic heterocycles. The Hall–Kier alpha value is -0.980. The molecule has 0 saturated heterocycles. The standard InChI is InChI=1S/C6H8ClF3N2O2/c1-3(7)4(13)12-5(14)11-2-6(8,9)10/h3H,2H2,1H3,(H2,11,12,13,14)/t3-/m1/s1. The highest BCUT2D eigenvalue weighted by atomic mass is 35.5. The molecule has 2 N–H and O–H groups in total. The summed E-state index contributed by atoms with van der Waals surface area (Å²) in [5.41, 5.74) is 0. The van der Waals surface area contributed by atoms with Crippen LogP contribution in [-0.4, -0.2) is 30.0 Å². The highest BCUT2D eigenvalue weighted by molar-refractivity contribution is 6.31. The van der Waals surface area contributed by atoms with Crippen LogP contribution < -0.4 is 10.6 Å². The van der Waals surface area contributed by atoms with Gasteiger partial charge in [0.1, 0.15) is 11.9 Å². The van der Waals surface area contributed by atoms with Crippen molar-refractivity contribution in [2.45, 2.75) is 18.5 Å². The molecule has 0 bridgehead atoms. The second-order valence-corrected chi connectivity index (χ2v) is 3.06. The Morgan fingerprint density at radius 1 is 1.43 bits per heavy atom. The van der Waals surface area contributed by atoms with Crippen molar-refractivity contribution >= 4 is 23.5 Å². The first kappa shape index (κ1) is 13.0. The second-order valence-electron chi connectivity index (χ2n) is 2.40. The maximum atomic E-state index is 11.6. The first-order valence-electron chi connectivity index (χ1n) is 3.52. The molecule has 8 heteroatoms.